The number of hydrogen-bond donors (Lipinski definition) is 0. The van der Waals surface area contributed by atoms with Gasteiger partial charge in [0.05, 0.1) is 0 Å². The van der Waals surface area contributed by atoms with Crippen molar-refractivity contribution in [2.75, 3.05) is 17.7 Å². The van der Waals surface area contributed by atoms with Gasteiger partial charge >= 0.3 is 68.6 Å². The molecule has 1 rings (SSSR count). The zero-order valence-electron chi connectivity index (χ0n) is 7.48. The molecule has 1 saturated heterocycles. The maximum atomic E-state index is 2.66. The van der Waals surface area contributed by atoms with E-state index in [-0.39, 0.29) is 0 Å². The van der Waals surface area contributed by atoms with E-state index in [1.54, 1.807) is 0 Å². The molecule has 1 heterocycles. The van der Waals surface area contributed by atoms with Crippen molar-refractivity contribution >= 4 is 18.4 Å². The summed E-state index contributed by atoms with van der Waals surface area (Å²) in [5.74, 6) is 0. The van der Waals surface area contributed by atoms with Crippen LogP contribution in [0.1, 0.15) is 12.8 Å². The molecule has 0 saturated carbocycles. The van der Waals surface area contributed by atoms with E-state index in [9.17, 15) is 0 Å². The minimum absolute atomic E-state index is 1.38. The van der Waals surface area contributed by atoms with Gasteiger partial charge in [-0.25, -0.2) is 0 Å². The Kier molecular flexibility index (Phi) is 3.04. The van der Waals surface area contributed by atoms with Gasteiger partial charge in [0, 0.05) is 0 Å². The second-order valence-electron chi connectivity index (χ2n) is 4.54. The van der Waals surface area contributed by atoms with Crippen LogP contribution in [0.25, 0.3) is 0 Å². The third kappa shape index (κ3) is 3.24. The van der Waals surface area contributed by atoms with Gasteiger partial charge < -0.3 is 0 Å². The van der Waals surface area contributed by atoms with Crippen LogP contribution in [0.2, 0.25) is 14.8 Å². The molecular formula is C8H19NSn. The Hall–Kier alpha value is 0.759. The first kappa shape index (κ1) is 8.85. The molecule has 0 amide bonds. The Balaban J connectivity index is 2.24. The monoisotopic (exact) mass is 249 g/mol. The summed E-state index contributed by atoms with van der Waals surface area (Å²) >= 11 is -1.46. The van der Waals surface area contributed by atoms with Crippen LogP contribution in [-0.2, 0) is 0 Å². The SMILES string of the molecule is [CH3][Sn]([CH3])([CH3])[CH2]N1CCCC1. The molecule has 1 aliphatic heterocycles. The van der Waals surface area contributed by atoms with Gasteiger partial charge in [-0.05, 0) is 0 Å². The fraction of sp³-hybridized carbons (Fsp3) is 1.00. The normalized spacial score (nSPS) is 21.9. The molecule has 0 unspecified atom stereocenters. The van der Waals surface area contributed by atoms with Crippen molar-refractivity contribution in [1.82, 2.24) is 4.90 Å². The standard InChI is InChI=1S/C5H10N.3CH3.Sn/c1-6-4-2-3-5-6;;;;/h1-5H2;3*1H3;. The Labute approximate surface area is 68.7 Å². The Morgan fingerprint density at radius 1 is 1.10 bits per heavy atom. The van der Waals surface area contributed by atoms with Gasteiger partial charge in [0.1, 0.15) is 0 Å². The van der Waals surface area contributed by atoms with Gasteiger partial charge in [-0.3, -0.25) is 0 Å². The fourth-order valence-electron chi connectivity index (χ4n) is 1.61. The van der Waals surface area contributed by atoms with Crippen LogP contribution >= 0.6 is 0 Å². The molecule has 0 radical (unpaired) electrons. The summed E-state index contributed by atoms with van der Waals surface area (Å²) < 4.78 is 1.48. The van der Waals surface area contributed by atoms with Gasteiger partial charge in [0.15, 0.2) is 0 Å². The third-order valence-corrected chi connectivity index (χ3v) is 5.88. The van der Waals surface area contributed by atoms with Gasteiger partial charge in [0.25, 0.3) is 0 Å². The van der Waals surface area contributed by atoms with Crippen molar-refractivity contribution in [3.8, 4) is 0 Å². The maximum absolute atomic E-state index is 2.66. The van der Waals surface area contributed by atoms with Crippen molar-refractivity contribution in [1.29, 1.82) is 0 Å². The van der Waals surface area contributed by atoms with Crippen LogP contribution in [0.3, 0.4) is 0 Å². The van der Waals surface area contributed by atoms with Gasteiger partial charge in [-0.15, -0.1) is 0 Å². The Morgan fingerprint density at radius 2 is 1.60 bits per heavy atom. The van der Waals surface area contributed by atoms with E-state index in [2.05, 4.69) is 19.7 Å². The van der Waals surface area contributed by atoms with E-state index in [1.807, 2.05) is 0 Å². The molecule has 0 aromatic rings. The molecule has 0 spiro atoms. The molecule has 0 aromatic heterocycles. The van der Waals surface area contributed by atoms with E-state index >= 15 is 0 Å². The van der Waals surface area contributed by atoms with E-state index in [0.29, 0.717) is 0 Å². The number of hydrogen-bond acceptors (Lipinski definition) is 1. The summed E-state index contributed by atoms with van der Waals surface area (Å²) in [6.45, 7) is 2.77. The number of rotatable bonds is 2. The first-order valence-electron chi connectivity index (χ1n) is 4.30. The van der Waals surface area contributed by atoms with Crippen molar-refractivity contribution in [3.63, 3.8) is 0 Å². The average molecular weight is 248 g/mol. The zero-order chi connectivity index (χ0) is 7.61. The summed E-state index contributed by atoms with van der Waals surface area (Å²) in [6.07, 6.45) is 2.89. The summed E-state index contributed by atoms with van der Waals surface area (Å²) in [5, 5.41) is 0. The van der Waals surface area contributed by atoms with Crippen molar-refractivity contribution < 1.29 is 0 Å². The van der Waals surface area contributed by atoms with Crippen molar-refractivity contribution in [2.24, 2.45) is 0 Å². The first-order valence-corrected chi connectivity index (χ1v) is 14.9. The Bertz CT molecular complexity index is 100. The van der Waals surface area contributed by atoms with E-state index in [4.69, 9.17) is 0 Å². The van der Waals surface area contributed by atoms with Crippen LogP contribution in [0.5, 0.6) is 0 Å². The van der Waals surface area contributed by atoms with Crippen LogP contribution in [0, 0.1) is 0 Å². The fourth-order valence-corrected chi connectivity index (χ4v) is 6.34. The average Bonchev–Trinajstić information content (AvgIpc) is 2.12. The van der Waals surface area contributed by atoms with Gasteiger partial charge in [-0.1, -0.05) is 0 Å². The predicted molar refractivity (Wildman–Crippen MR) is 49.0 cm³/mol. The molecule has 1 aliphatic rings. The van der Waals surface area contributed by atoms with E-state index < -0.39 is 18.4 Å². The zero-order valence-corrected chi connectivity index (χ0v) is 10.3. The van der Waals surface area contributed by atoms with Crippen molar-refractivity contribution in [2.45, 2.75) is 27.7 Å². The van der Waals surface area contributed by atoms with Crippen LogP contribution in [0.4, 0.5) is 0 Å². The van der Waals surface area contributed by atoms with Gasteiger partial charge in [0.2, 0.25) is 0 Å². The molecule has 0 aromatic carbocycles. The van der Waals surface area contributed by atoms with Crippen LogP contribution < -0.4 is 0 Å². The summed E-state index contributed by atoms with van der Waals surface area (Å²) in [5.41, 5.74) is 0. The summed E-state index contributed by atoms with van der Waals surface area (Å²) in [7, 11) is 0. The van der Waals surface area contributed by atoms with Crippen LogP contribution in [0.15, 0.2) is 0 Å². The third-order valence-electron chi connectivity index (χ3n) is 1.90. The minimum atomic E-state index is -1.46. The molecule has 10 heavy (non-hydrogen) atoms. The second kappa shape index (κ2) is 3.44. The topological polar surface area (TPSA) is 3.24 Å². The predicted octanol–water partition coefficient (Wildman–Crippen LogP) is 1.96. The first-order chi connectivity index (χ1) is 4.58. The second-order valence-corrected chi connectivity index (χ2v) is 20.1. The molecular weight excluding hydrogens is 229 g/mol. The molecule has 0 N–H and O–H groups in total. The molecule has 60 valence electrons. The molecule has 0 atom stereocenters. The molecule has 1 nitrogen and oxygen atoms in total. The molecule has 2 heteroatoms. The number of likely N-dealkylation sites (tertiary alicyclic amines) is 1. The molecule has 0 aliphatic carbocycles. The van der Waals surface area contributed by atoms with Crippen molar-refractivity contribution in [3.05, 3.63) is 0 Å². The summed E-state index contributed by atoms with van der Waals surface area (Å²) in [4.78, 5) is 10.2. The molecule has 0 bridgehead atoms. The quantitative estimate of drug-likeness (QED) is 0.675. The van der Waals surface area contributed by atoms with Gasteiger partial charge in [-0.2, -0.15) is 0 Å². The summed E-state index contributed by atoms with van der Waals surface area (Å²) in [6, 6.07) is 0. The molecule has 1 fully saturated rings. The number of nitrogens with zero attached hydrogens (tertiary/aromatic N) is 1. The van der Waals surface area contributed by atoms with E-state index in [1.165, 1.54) is 30.5 Å². The Morgan fingerprint density at radius 3 is 2.00 bits per heavy atom. The van der Waals surface area contributed by atoms with Crippen LogP contribution in [-0.4, -0.2) is 40.9 Å². The van der Waals surface area contributed by atoms with E-state index in [0.717, 1.165) is 0 Å².